The summed E-state index contributed by atoms with van der Waals surface area (Å²) in [6.45, 7) is 3.90. The molecule has 0 unspecified atom stereocenters. The van der Waals surface area contributed by atoms with Crippen LogP contribution < -0.4 is 5.32 Å². The SMILES string of the molecule is CC(=O)NCC[C@H]1CCCCN1Cc1nc(-c2cccc(Cl)c2)no1. The van der Waals surface area contributed by atoms with Gasteiger partial charge in [0.05, 0.1) is 6.54 Å². The summed E-state index contributed by atoms with van der Waals surface area (Å²) in [6, 6.07) is 7.86. The van der Waals surface area contributed by atoms with Gasteiger partial charge >= 0.3 is 0 Å². The van der Waals surface area contributed by atoms with Gasteiger partial charge in [0, 0.05) is 30.1 Å². The predicted molar refractivity (Wildman–Crippen MR) is 96.1 cm³/mol. The molecule has 7 heteroatoms. The first-order chi connectivity index (χ1) is 12.1. The van der Waals surface area contributed by atoms with Gasteiger partial charge in [0.25, 0.3) is 0 Å². The molecular weight excluding hydrogens is 340 g/mol. The molecule has 25 heavy (non-hydrogen) atoms. The highest BCUT2D eigenvalue weighted by Crippen LogP contribution is 2.23. The van der Waals surface area contributed by atoms with Crippen LogP contribution in [0.1, 0.15) is 38.5 Å². The number of piperidine rings is 1. The number of benzene rings is 1. The average Bonchev–Trinajstić information content (AvgIpc) is 3.05. The molecule has 1 aliphatic rings. The largest absolute Gasteiger partial charge is 0.356 e. The Morgan fingerprint density at radius 2 is 2.32 bits per heavy atom. The average molecular weight is 363 g/mol. The van der Waals surface area contributed by atoms with Crippen molar-refractivity contribution in [3.8, 4) is 11.4 Å². The minimum atomic E-state index is 0.0189. The minimum absolute atomic E-state index is 0.0189. The van der Waals surface area contributed by atoms with E-state index in [2.05, 4.69) is 20.4 Å². The maximum Gasteiger partial charge on any atom is 0.241 e. The second-order valence-electron chi connectivity index (χ2n) is 6.41. The summed E-state index contributed by atoms with van der Waals surface area (Å²) in [6.07, 6.45) is 4.47. The number of carbonyl (C=O) groups is 1. The van der Waals surface area contributed by atoms with Gasteiger partial charge in [-0.1, -0.05) is 35.3 Å². The standard InChI is InChI=1S/C18H23ClN4O2/c1-13(24)20-9-8-16-7-2-3-10-23(16)12-17-21-18(22-25-17)14-5-4-6-15(19)11-14/h4-6,11,16H,2-3,7-10,12H2,1H3,(H,20,24)/t16-/m1/s1. The topological polar surface area (TPSA) is 71.3 Å². The highest BCUT2D eigenvalue weighted by Gasteiger charge is 2.24. The number of aromatic nitrogens is 2. The molecule has 1 aromatic heterocycles. The van der Waals surface area contributed by atoms with Gasteiger partial charge < -0.3 is 9.84 Å². The number of nitrogens with one attached hydrogen (secondary N) is 1. The van der Waals surface area contributed by atoms with Crippen molar-refractivity contribution in [2.24, 2.45) is 0 Å². The molecule has 1 saturated heterocycles. The van der Waals surface area contributed by atoms with Crippen LogP contribution in [0.4, 0.5) is 0 Å². The summed E-state index contributed by atoms with van der Waals surface area (Å²) in [4.78, 5) is 17.9. The number of carbonyl (C=O) groups excluding carboxylic acids is 1. The van der Waals surface area contributed by atoms with Gasteiger partial charge in [-0.2, -0.15) is 4.98 Å². The molecule has 1 aromatic carbocycles. The molecule has 1 aliphatic heterocycles. The van der Waals surface area contributed by atoms with Crippen LogP contribution in [0.3, 0.4) is 0 Å². The van der Waals surface area contributed by atoms with E-state index in [1.54, 1.807) is 6.92 Å². The molecule has 1 fully saturated rings. The van der Waals surface area contributed by atoms with Crippen molar-refractivity contribution in [2.75, 3.05) is 13.1 Å². The van der Waals surface area contributed by atoms with Crippen LogP contribution in [0.15, 0.2) is 28.8 Å². The monoisotopic (exact) mass is 362 g/mol. The molecule has 0 bridgehead atoms. The van der Waals surface area contributed by atoms with E-state index in [1.165, 1.54) is 12.8 Å². The van der Waals surface area contributed by atoms with E-state index >= 15 is 0 Å². The maximum absolute atomic E-state index is 11.1. The maximum atomic E-state index is 11.1. The zero-order valence-corrected chi connectivity index (χ0v) is 15.1. The molecule has 0 spiro atoms. The Bertz CT molecular complexity index is 719. The van der Waals surface area contributed by atoms with Crippen molar-refractivity contribution >= 4 is 17.5 Å². The molecule has 0 radical (unpaired) electrons. The van der Waals surface area contributed by atoms with Crippen molar-refractivity contribution in [2.45, 2.75) is 45.2 Å². The lowest BCUT2D eigenvalue weighted by Gasteiger charge is -2.34. The molecule has 134 valence electrons. The molecule has 6 nitrogen and oxygen atoms in total. The highest BCUT2D eigenvalue weighted by atomic mass is 35.5. The van der Waals surface area contributed by atoms with Crippen molar-refractivity contribution in [1.82, 2.24) is 20.4 Å². The number of halogens is 1. The van der Waals surface area contributed by atoms with Gasteiger partial charge in [0.1, 0.15) is 0 Å². The third-order valence-corrected chi connectivity index (χ3v) is 4.72. The molecule has 0 aliphatic carbocycles. The first kappa shape index (κ1) is 17.9. The zero-order chi connectivity index (χ0) is 17.6. The molecule has 2 aromatic rings. The number of amides is 1. The van der Waals surface area contributed by atoms with E-state index in [4.69, 9.17) is 16.1 Å². The Morgan fingerprint density at radius 3 is 3.12 bits per heavy atom. The third kappa shape index (κ3) is 5.03. The summed E-state index contributed by atoms with van der Waals surface area (Å²) >= 11 is 6.02. The number of hydrogen-bond acceptors (Lipinski definition) is 5. The Balaban J connectivity index is 1.63. The van der Waals surface area contributed by atoms with E-state index in [9.17, 15) is 4.79 Å². The van der Waals surface area contributed by atoms with Crippen molar-refractivity contribution < 1.29 is 9.32 Å². The van der Waals surface area contributed by atoms with Crippen LogP contribution in [-0.4, -0.2) is 40.1 Å². The molecular formula is C18H23ClN4O2. The van der Waals surface area contributed by atoms with E-state index in [1.807, 2.05) is 24.3 Å². The van der Waals surface area contributed by atoms with Crippen molar-refractivity contribution in [1.29, 1.82) is 0 Å². The van der Waals surface area contributed by atoms with Gasteiger partial charge in [-0.15, -0.1) is 0 Å². The predicted octanol–water partition coefficient (Wildman–Crippen LogP) is 3.27. The van der Waals surface area contributed by atoms with Crippen molar-refractivity contribution in [3.63, 3.8) is 0 Å². The van der Waals surface area contributed by atoms with Crippen LogP contribution >= 0.6 is 11.6 Å². The number of likely N-dealkylation sites (tertiary alicyclic amines) is 1. The smallest absolute Gasteiger partial charge is 0.241 e. The van der Waals surface area contributed by atoms with Gasteiger partial charge in [-0.3, -0.25) is 9.69 Å². The van der Waals surface area contributed by atoms with Gasteiger partial charge in [-0.05, 0) is 37.9 Å². The summed E-state index contributed by atoms with van der Waals surface area (Å²) in [7, 11) is 0. The molecule has 3 rings (SSSR count). The van der Waals surface area contributed by atoms with Crippen LogP contribution in [0.25, 0.3) is 11.4 Å². The summed E-state index contributed by atoms with van der Waals surface area (Å²) in [5.41, 5.74) is 0.850. The highest BCUT2D eigenvalue weighted by molar-refractivity contribution is 6.30. The van der Waals surface area contributed by atoms with Gasteiger partial charge in [-0.25, -0.2) is 0 Å². The normalized spacial score (nSPS) is 18.2. The van der Waals surface area contributed by atoms with Crippen LogP contribution in [0.5, 0.6) is 0 Å². The third-order valence-electron chi connectivity index (χ3n) is 4.49. The van der Waals surface area contributed by atoms with E-state index in [-0.39, 0.29) is 5.91 Å². The number of rotatable bonds is 6. The Morgan fingerprint density at radius 1 is 1.44 bits per heavy atom. The summed E-state index contributed by atoms with van der Waals surface area (Å²) in [5.74, 6) is 1.19. The Kier molecular flexibility index (Phi) is 6.04. The second kappa shape index (κ2) is 8.45. The number of nitrogens with zero attached hydrogens (tertiary/aromatic N) is 3. The minimum Gasteiger partial charge on any atom is -0.356 e. The molecule has 2 heterocycles. The fraction of sp³-hybridized carbons (Fsp3) is 0.500. The quantitative estimate of drug-likeness (QED) is 0.853. The van der Waals surface area contributed by atoms with Gasteiger partial charge in [0.2, 0.25) is 17.6 Å². The first-order valence-electron chi connectivity index (χ1n) is 8.69. The van der Waals surface area contributed by atoms with Crippen LogP contribution in [0.2, 0.25) is 5.02 Å². The van der Waals surface area contributed by atoms with E-state index < -0.39 is 0 Å². The van der Waals surface area contributed by atoms with E-state index in [0.29, 0.717) is 35.9 Å². The number of hydrogen-bond donors (Lipinski definition) is 1. The molecule has 1 atom stereocenters. The zero-order valence-electron chi connectivity index (χ0n) is 14.4. The van der Waals surface area contributed by atoms with Crippen LogP contribution in [0, 0.1) is 0 Å². The van der Waals surface area contributed by atoms with Crippen molar-refractivity contribution in [3.05, 3.63) is 35.2 Å². The summed E-state index contributed by atoms with van der Waals surface area (Å²) < 4.78 is 5.44. The second-order valence-corrected chi connectivity index (χ2v) is 6.85. The lowest BCUT2D eigenvalue weighted by Crippen LogP contribution is -2.41. The summed E-state index contributed by atoms with van der Waals surface area (Å²) in [5, 5.41) is 7.60. The lowest BCUT2D eigenvalue weighted by atomic mass is 9.99. The Labute approximate surface area is 152 Å². The van der Waals surface area contributed by atoms with E-state index in [0.717, 1.165) is 24.9 Å². The fourth-order valence-electron chi connectivity index (χ4n) is 3.25. The fourth-order valence-corrected chi connectivity index (χ4v) is 3.44. The first-order valence-corrected chi connectivity index (χ1v) is 9.06. The Hall–Kier alpha value is -1.92. The lowest BCUT2D eigenvalue weighted by molar-refractivity contribution is -0.119. The molecule has 1 amide bonds. The molecule has 0 saturated carbocycles. The molecule has 1 N–H and O–H groups in total. The van der Waals surface area contributed by atoms with Crippen LogP contribution in [-0.2, 0) is 11.3 Å². The van der Waals surface area contributed by atoms with Gasteiger partial charge in [0.15, 0.2) is 0 Å².